The maximum atomic E-state index is 12.5. The fraction of sp³-hybridized carbons (Fsp3) is 0.375. The van der Waals surface area contributed by atoms with Crippen LogP contribution in [-0.2, 0) is 19.2 Å². The maximum absolute atomic E-state index is 12.5. The van der Waals surface area contributed by atoms with E-state index in [1.165, 1.54) is 5.56 Å². The lowest BCUT2D eigenvalue weighted by atomic mass is 10.1. The molecule has 8 heteroatoms. The van der Waals surface area contributed by atoms with Crippen LogP contribution in [-0.4, -0.2) is 63.2 Å². The van der Waals surface area contributed by atoms with Gasteiger partial charge in [-0.25, -0.2) is 9.78 Å². The number of hydrogen-bond acceptors (Lipinski definition) is 6. The van der Waals surface area contributed by atoms with Gasteiger partial charge in [-0.05, 0) is 48.7 Å². The highest BCUT2D eigenvalue weighted by Crippen LogP contribution is 2.22. The molecule has 1 amide bonds. The molecule has 2 aromatic heterocycles. The van der Waals surface area contributed by atoms with Gasteiger partial charge in [-0.2, -0.15) is 0 Å². The molecule has 0 N–H and O–H groups in total. The summed E-state index contributed by atoms with van der Waals surface area (Å²) in [6.45, 7) is 4.20. The molecule has 0 spiro atoms. The van der Waals surface area contributed by atoms with E-state index in [0.717, 1.165) is 48.9 Å². The molecule has 3 heterocycles. The number of carbonyl (C=O) groups is 1. The van der Waals surface area contributed by atoms with Gasteiger partial charge in [0.2, 0.25) is 0 Å². The van der Waals surface area contributed by atoms with Gasteiger partial charge in [0.05, 0.1) is 0 Å². The van der Waals surface area contributed by atoms with Crippen LogP contribution < -0.4 is 4.74 Å². The molecule has 4 rings (SSSR count). The standard InChI is InChI=1S/C24H29N5O2S/c1-27-13-11-26-23(27)32-19-21-6-8-22(9-7-21)31-24(30)29-16-14-28(15-17-29)12-3-5-20-4-2-10-25-18-20/h2,4,6-11,13,18H,3,5,12,14-17,19H2,1H3. The highest BCUT2D eigenvalue weighted by Gasteiger charge is 2.22. The number of hydrogen-bond donors (Lipinski definition) is 0. The molecule has 1 fully saturated rings. The van der Waals surface area contributed by atoms with Crippen LogP contribution in [0.3, 0.4) is 0 Å². The molecular formula is C24H29N5O2S. The number of pyridine rings is 1. The molecule has 3 aromatic rings. The van der Waals surface area contributed by atoms with E-state index in [1.807, 2.05) is 54.3 Å². The van der Waals surface area contributed by atoms with Crippen LogP contribution in [0.5, 0.6) is 5.75 Å². The van der Waals surface area contributed by atoms with Crippen molar-refractivity contribution < 1.29 is 9.53 Å². The number of thioether (sulfide) groups is 1. The summed E-state index contributed by atoms with van der Waals surface area (Å²) in [7, 11) is 1.99. The summed E-state index contributed by atoms with van der Waals surface area (Å²) in [6, 6.07) is 11.8. The average Bonchev–Trinajstić information content (AvgIpc) is 3.24. The Kier molecular flexibility index (Phi) is 7.79. The Labute approximate surface area is 193 Å². The molecule has 168 valence electrons. The second-order valence-corrected chi connectivity index (χ2v) is 8.86. The summed E-state index contributed by atoms with van der Waals surface area (Å²) in [4.78, 5) is 25.2. The summed E-state index contributed by atoms with van der Waals surface area (Å²) in [5, 5.41) is 0.983. The fourth-order valence-electron chi connectivity index (χ4n) is 3.66. The number of aryl methyl sites for hydroxylation is 2. The van der Waals surface area contributed by atoms with Gasteiger partial charge in [0, 0.05) is 63.8 Å². The van der Waals surface area contributed by atoms with Crippen molar-refractivity contribution >= 4 is 17.9 Å². The zero-order valence-corrected chi connectivity index (χ0v) is 19.2. The third-order valence-electron chi connectivity index (χ3n) is 5.57. The Hall–Kier alpha value is -2.84. The highest BCUT2D eigenvalue weighted by atomic mass is 32.2. The molecule has 32 heavy (non-hydrogen) atoms. The lowest BCUT2D eigenvalue weighted by Crippen LogP contribution is -2.49. The minimum Gasteiger partial charge on any atom is -0.410 e. The summed E-state index contributed by atoms with van der Waals surface area (Å²) >= 11 is 1.68. The Morgan fingerprint density at radius 3 is 2.56 bits per heavy atom. The summed E-state index contributed by atoms with van der Waals surface area (Å²) in [5.41, 5.74) is 2.44. The first-order chi connectivity index (χ1) is 15.7. The summed E-state index contributed by atoms with van der Waals surface area (Å²) < 4.78 is 7.59. The first-order valence-electron chi connectivity index (χ1n) is 10.9. The van der Waals surface area contributed by atoms with Crippen molar-refractivity contribution in [3.05, 3.63) is 72.3 Å². The van der Waals surface area contributed by atoms with Gasteiger partial charge in [-0.3, -0.25) is 9.88 Å². The first kappa shape index (κ1) is 22.4. The number of amides is 1. The molecule has 7 nitrogen and oxygen atoms in total. The molecule has 0 aliphatic carbocycles. The van der Waals surface area contributed by atoms with E-state index >= 15 is 0 Å². The van der Waals surface area contributed by atoms with Crippen LogP contribution in [0.15, 0.2) is 66.3 Å². The fourth-order valence-corrected chi connectivity index (χ4v) is 4.55. The van der Waals surface area contributed by atoms with Crippen molar-refractivity contribution in [1.82, 2.24) is 24.3 Å². The third-order valence-corrected chi connectivity index (χ3v) is 6.70. The lowest BCUT2D eigenvalue weighted by molar-refractivity contribution is 0.110. The van der Waals surface area contributed by atoms with Gasteiger partial charge >= 0.3 is 6.09 Å². The van der Waals surface area contributed by atoms with Gasteiger partial charge in [-0.1, -0.05) is 30.0 Å². The number of imidazole rings is 1. The van der Waals surface area contributed by atoms with Gasteiger partial charge in [0.15, 0.2) is 5.16 Å². The van der Waals surface area contributed by atoms with E-state index in [-0.39, 0.29) is 6.09 Å². The number of piperazine rings is 1. The highest BCUT2D eigenvalue weighted by molar-refractivity contribution is 7.98. The summed E-state index contributed by atoms with van der Waals surface area (Å²) in [6.07, 6.45) is 9.34. The maximum Gasteiger partial charge on any atom is 0.415 e. The molecule has 1 aliphatic rings. The zero-order valence-electron chi connectivity index (χ0n) is 18.4. The van der Waals surface area contributed by atoms with E-state index in [9.17, 15) is 4.79 Å². The Morgan fingerprint density at radius 1 is 1.06 bits per heavy atom. The number of ether oxygens (including phenoxy) is 1. The van der Waals surface area contributed by atoms with Crippen molar-refractivity contribution in [3.63, 3.8) is 0 Å². The van der Waals surface area contributed by atoms with Crippen molar-refractivity contribution in [1.29, 1.82) is 0 Å². The van der Waals surface area contributed by atoms with E-state index in [0.29, 0.717) is 18.8 Å². The second-order valence-electron chi connectivity index (χ2n) is 7.91. The molecule has 1 aromatic carbocycles. The zero-order chi connectivity index (χ0) is 22.2. The molecule has 0 saturated carbocycles. The van der Waals surface area contributed by atoms with Crippen LogP contribution in [0.25, 0.3) is 0 Å². The van der Waals surface area contributed by atoms with Gasteiger partial charge in [-0.15, -0.1) is 0 Å². The monoisotopic (exact) mass is 451 g/mol. The molecule has 0 radical (unpaired) electrons. The van der Waals surface area contributed by atoms with Crippen LogP contribution >= 0.6 is 11.8 Å². The molecule has 0 bridgehead atoms. The van der Waals surface area contributed by atoms with Gasteiger partial charge < -0.3 is 14.2 Å². The van der Waals surface area contributed by atoms with E-state index in [2.05, 4.69) is 20.9 Å². The molecular weight excluding hydrogens is 422 g/mol. The van der Waals surface area contributed by atoms with Crippen molar-refractivity contribution in [2.45, 2.75) is 23.8 Å². The van der Waals surface area contributed by atoms with Crippen molar-refractivity contribution in [2.24, 2.45) is 7.05 Å². The first-order valence-corrected chi connectivity index (χ1v) is 11.9. The summed E-state index contributed by atoms with van der Waals surface area (Å²) in [5.74, 6) is 1.40. The normalized spacial score (nSPS) is 14.5. The Balaban J connectivity index is 1.16. The predicted octanol–water partition coefficient (Wildman–Crippen LogP) is 3.86. The van der Waals surface area contributed by atoms with Crippen LogP contribution in [0, 0.1) is 0 Å². The lowest BCUT2D eigenvalue weighted by Gasteiger charge is -2.34. The van der Waals surface area contributed by atoms with E-state index in [4.69, 9.17) is 4.74 Å². The molecule has 0 unspecified atom stereocenters. The molecule has 0 atom stereocenters. The molecule has 1 aliphatic heterocycles. The quantitative estimate of drug-likeness (QED) is 0.485. The van der Waals surface area contributed by atoms with Crippen molar-refractivity contribution in [3.8, 4) is 5.75 Å². The number of nitrogens with zero attached hydrogens (tertiary/aromatic N) is 5. The van der Waals surface area contributed by atoms with Gasteiger partial charge in [0.1, 0.15) is 5.75 Å². The second kappa shape index (κ2) is 11.2. The number of benzene rings is 1. The average molecular weight is 452 g/mol. The minimum absolute atomic E-state index is 0.268. The largest absolute Gasteiger partial charge is 0.415 e. The number of carbonyl (C=O) groups excluding carboxylic acids is 1. The molecule has 1 saturated heterocycles. The van der Waals surface area contributed by atoms with E-state index < -0.39 is 0 Å². The van der Waals surface area contributed by atoms with E-state index in [1.54, 1.807) is 29.1 Å². The Bertz CT molecular complexity index is 985. The predicted molar refractivity (Wildman–Crippen MR) is 126 cm³/mol. The number of aromatic nitrogens is 3. The van der Waals surface area contributed by atoms with Crippen LogP contribution in [0.2, 0.25) is 0 Å². The van der Waals surface area contributed by atoms with Crippen molar-refractivity contribution in [2.75, 3.05) is 32.7 Å². The topological polar surface area (TPSA) is 63.5 Å². The Morgan fingerprint density at radius 2 is 1.88 bits per heavy atom. The van der Waals surface area contributed by atoms with Gasteiger partial charge in [0.25, 0.3) is 0 Å². The third kappa shape index (κ3) is 6.34. The van der Waals surface area contributed by atoms with Crippen LogP contribution in [0.4, 0.5) is 4.79 Å². The SMILES string of the molecule is Cn1ccnc1SCc1ccc(OC(=O)N2CCN(CCCc3cccnc3)CC2)cc1. The van der Waals surface area contributed by atoms with Crippen LogP contribution in [0.1, 0.15) is 17.5 Å². The smallest absolute Gasteiger partial charge is 0.410 e. The minimum atomic E-state index is -0.268. The number of rotatable bonds is 8.